The van der Waals surface area contributed by atoms with Crippen molar-refractivity contribution in [2.24, 2.45) is 0 Å². The maximum absolute atomic E-state index is 6.50. The molecule has 0 fully saturated rings. The number of aromatic nitrogens is 2. The Labute approximate surface area is 290 Å². The van der Waals surface area contributed by atoms with Gasteiger partial charge in [-0.25, -0.2) is 4.98 Å². The number of hydrogen-bond acceptors (Lipinski definition) is 3. The fourth-order valence-electron chi connectivity index (χ4n) is 8.15. The van der Waals surface area contributed by atoms with Gasteiger partial charge in [0.2, 0.25) is 0 Å². The Hall–Kier alpha value is -6.32. The summed E-state index contributed by atoms with van der Waals surface area (Å²) in [6.07, 6.45) is 3.72. The van der Waals surface area contributed by atoms with Gasteiger partial charge in [-0.2, -0.15) is 0 Å². The predicted molar refractivity (Wildman–Crippen MR) is 206 cm³/mol. The Kier molecular flexibility index (Phi) is 6.22. The Balaban J connectivity index is 1.14. The van der Waals surface area contributed by atoms with Crippen molar-refractivity contribution in [2.45, 2.75) is 19.3 Å². The molecular formula is C47H32N2O. The second-order valence-electron chi connectivity index (χ2n) is 13.8. The van der Waals surface area contributed by atoms with E-state index >= 15 is 0 Å². The van der Waals surface area contributed by atoms with E-state index in [2.05, 4.69) is 152 Å². The molecule has 3 nitrogen and oxygen atoms in total. The molecule has 3 aromatic heterocycles. The molecular weight excluding hydrogens is 609 g/mol. The molecule has 0 N–H and O–H groups in total. The van der Waals surface area contributed by atoms with E-state index < -0.39 is 0 Å². The minimum Gasteiger partial charge on any atom is -0.456 e. The van der Waals surface area contributed by atoms with Gasteiger partial charge in [0.15, 0.2) is 0 Å². The van der Waals surface area contributed by atoms with Gasteiger partial charge in [-0.05, 0) is 92.0 Å². The zero-order chi connectivity index (χ0) is 33.4. The van der Waals surface area contributed by atoms with E-state index in [-0.39, 0.29) is 5.41 Å². The minimum atomic E-state index is -0.0504. The summed E-state index contributed by atoms with van der Waals surface area (Å²) in [5.41, 5.74) is 17.0. The van der Waals surface area contributed by atoms with Gasteiger partial charge < -0.3 is 4.42 Å². The zero-order valence-corrected chi connectivity index (χ0v) is 27.8. The number of rotatable bonds is 4. The first-order chi connectivity index (χ1) is 24.5. The minimum absolute atomic E-state index is 0.0504. The summed E-state index contributed by atoms with van der Waals surface area (Å²) in [5, 5.41) is 3.28. The summed E-state index contributed by atoms with van der Waals surface area (Å²) in [7, 11) is 0. The van der Waals surface area contributed by atoms with E-state index in [9.17, 15) is 0 Å². The average molecular weight is 641 g/mol. The highest BCUT2D eigenvalue weighted by Crippen LogP contribution is 2.52. The maximum atomic E-state index is 6.50. The van der Waals surface area contributed by atoms with Crippen LogP contribution in [0.2, 0.25) is 0 Å². The van der Waals surface area contributed by atoms with Crippen molar-refractivity contribution >= 4 is 32.8 Å². The van der Waals surface area contributed by atoms with Gasteiger partial charge in [0, 0.05) is 39.5 Å². The molecule has 1 aliphatic rings. The number of furan rings is 1. The van der Waals surface area contributed by atoms with Gasteiger partial charge in [-0.15, -0.1) is 0 Å². The lowest BCUT2D eigenvalue weighted by Crippen LogP contribution is -2.14. The highest BCUT2D eigenvalue weighted by atomic mass is 16.3. The molecule has 236 valence electrons. The molecule has 0 bridgehead atoms. The van der Waals surface area contributed by atoms with Crippen LogP contribution in [0.15, 0.2) is 162 Å². The molecule has 0 aliphatic heterocycles. The van der Waals surface area contributed by atoms with Crippen LogP contribution in [0.1, 0.15) is 25.0 Å². The molecule has 0 saturated heterocycles. The lowest BCUT2D eigenvalue weighted by atomic mass is 9.82. The van der Waals surface area contributed by atoms with Crippen LogP contribution in [0, 0.1) is 0 Å². The smallest absolute Gasteiger partial charge is 0.136 e. The van der Waals surface area contributed by atoms with Crippen molar-refractivity contribution < 1.29 is 4.42 Å². The van der Waals surface area contributed by atoms with Crippen molar-refractivity contribution in [1.29, 1.82) is 0 Å². The third-order valence-corrected chi connectivity index (χ3v) is 10.6. The van der Waals surface area contributed by atoms with Crippen LogP contribution in [0.3, 0.4) is 0 Å². The van der Waals surface area contributed by atoms with Crippen LogP contribution >= 0.6 is 0 Å². The maximum Gasteiger partial charge on any atom is 0.136 e. The van der Waals surface area contributed by atoms with E-state index in [4.69, 9.17) is 9.40 Å². The molecule has 10 rings (SSSR count). The van der Waals surface area contributed by atoms with Crippen LogP contribution < -0.4 is 0 Å². The van der Waals surface area contributed by atoms with Gasteiger partial charge in [-0.1, -0.05) is 123 Å². The first-order valence-electron chi connectivity index (χ1n) is 17.1. The molecule has 0 unspecified atom stereocenters. The second kappa shape index (κ2) is 10.8. The fraction of sp³-hybridized carbons (Fsp3) is 0.0638. The van der Waals surface area contributed by atoms with Gasteiger partial charge >= 0.3 is 0 Å². The number of benzene rings is 6. The van der Waals surface area contributed by atoms with Crippen LogP contribution in [-0.4, -0.2) is 9.97 Å². The predicted octanol–water partition coefficient (Wildman–Crippen LogP) is 12.5. The van der Waals surface area contributed by atoms with Crippen LogP contribution in [-0.2, 0) is 5.41 Å². The molecule has 0 radical (unpaired) electrons. The molecule has 1 aliphatic carbocycles. The summed E-state index contributed by atoms with van der Waals surface area (Å²) in [4.78, 5) is 9.52. The van der Waals surface area contributed by atoms with E-state index in [1.807, 2.05) is 24.5 Å². The van der Waals surface area contributed by atoms with E-state index in [0.29, 0.717) is 0 Å². The average Bonchev–Trinajstić information content (AvgIpc) is 3.66. The molecule has 3 heterocycles. The Morgan fingerprint density at radius 3 is 2.14 bits per heavy atom. The summed E-state index contributed by atoms with van der Waals surface area (Å²) in [6.45, 7) is 4.67. The van der Waals surface area contributed by atoms with E-state index in [0.717, 1.165) is 66.4 Å². The van der Waals surface area contributed by atoms with Crippen LogP contribution in [0.4, 0.5) is 0 Å². The number of nitrogens with zero attached hydrogens (tertiary/aromatic N) is 2. The molecule has 50 heavy (non-hydrogen) atoms. The largest absolute Gasteiger partial charge is 0.456 e. The summed E-state index contributed by atoms with van der Waals surface area (Å²) in [6, 6.07) is 52.0. The van der Waals surface area contributed by atoms with Crippen LogP contribution in [0.25, 0.3) is 88.6 Å². The highest BCUT2D eigenvalue weighted by molar-refractivity contribution is 6.14. The van der Waals surface area contributed by atoms with E-state index in [1.54, 1.807) is 0 Å². The topological polar surface area (TPSA) is 38.9 Å². The molecule has 0 amide bonds. The van der Waals surface area contributed by atoms with Gasteiger partial charge in [-0.3, -0.25) is 4.98 Å². The van der Waals surface area contributed by atoms with Gasteiger partial charge in [0.1, 0.15) is 11.2 Å². The van der Waals surface area contributed by atoms with Crippen molar-refractivity contribution in [1.82, 2.24) is 9.97 Å². The van der Waals surface area contributed by atoms with E-state index in [1.165, 1.54) is 33.4 Å². The molecule has 3 heteroatoms. The van der Waals surface area contributed by atoms with Crippen molar-refractivity contribution in [3.8, 4) is 55.8 Å². The highest BCUT2D eigenvalue weighted by Gasteiger charge is 2.36. The molecule has 6 aromatic carbocycles. The normalized spacial score (nSPS) is 13.2. The summed E-state index contributed by atoms with van der Waals surface area (Å²) in [5.74, 6) is 0. The Morgan fingerprint density at radius 2 is 1.22 bits per heavy atom. The third-order valence-electron chi connectivity index (χ3n) is 10.6. The molecule has 9 aromatic rings. The van der Waals surface area contributed by atoms with Crippen LogP contribution in [0.5, 0.6) is 0 Å². The number of pyridine rings is 2. The fourth-order valence-corrected chi connectivity index (χ4v) is 8.15. The van der Waals surface area contributed by atoms with Crippen molar-refractivity contribution in [3.63, 3.8) is 0 Å². The lowest BCUT2D eigenvalue weighted by molar-refractivity contribution is 0.660. The first-order valence-corrected chi connectivity index (χ1v) is 17.1. The quantitative estimate of drug-likeness (QED) is 0.192. The molecule has 0 atom stereocenters. The second-order valence-corrected chi connectivity index (χ2v) is 13.8. The zero-order valence-electron chi connectivity index (χ0n) is 27.8. The Bertz CT molecular complexity index is 2790. The monoisotopic (exact) mass is 640 g/mol. The standard InChI is InChI=1S/C47H32N2O/c1-47(2)39-18-7-6-15-35(39)45-33(16-9-19-40(45)47)31-21-22-43-37(26-31)46-34(17-10-20-44(46)50-43)30-13-8-14-32(25-30)42-27-36(29-11-4-3-5-12-29)38-28-48-24-23-41(38)49-42/h3-28H,1-2H3. The Morgan fingerprint density at radius 1 is 0.500 bits per heavy atom. The lowest BCUT2D eigenvalue weighted by Gasteiger charge is -2.21. The summed E-state index contributed by atoms with van der Waals surface area (Å²) >= 11 is 0. The molecule has 0 spiro atoms. The third kappa shape index (κ3) is 4.30. The van der Waals surface area contributed by atoms with Crippen molar-refractivity contribution in [3.05, 3.63) is 169 Å². The number of hydrogen-bond donors (Lipinski definition) is 0. The van der Waals surface area contributed by atoms with Crippen molar-refractivity contribution in [2.75, 3.05) is 0 Å². The molecule has 0 saturated carbocycles. The number of fused-ring (bicyclic) bond motifs is 7. The van der Waals surface area contributed by atoms with Gasteiger partial charge in [0.25, 0.3) is 0 Å². The SMILES string of the molecule is CC1(C)c2ccccc2-c2c(-c3ccc4oc5cccc(-c6cccc(-c7cc(-c8ccccc8)c8cnccc8n7)c6)c5c4c3)cccc21. The van der Waals surface area contributed by atoms with Gasteiger partial charge in [0.05, 0.1) is 11.2 Å². The summed E-state index contributed by atoms with van der Waals surface area (Å²) < 4.78 is 6.50. The first kappa shape index (κ1) is 28.7.